The summed E-state index contributed by atoms with van der Waals surface area (Å²) in [5, 5.41) is 5.65. The van der Waals surface area contributed by atoms with Gasteiger partial charge in [-0.25, -0.2) is 4.79 Å². The van der Waals surface area contributed by atoms with Crippen LogP contribution < -0.4 is 15.4 Å². The van der Waals surface area contributed by atoms with Crippen LogP contribution in [0.15, 0.2) is 18.2 Å². The second-order valence-electron chi connectivity index (χ2n) is 10.2. The van der Waals surface area contributed by atoms with Crippen LogP contribution in [-0.4, -0.2) is 95.8 Å². The molecule has 0 spiro atoms. The normalized spacial score (nSPS) is 19.8. The number of benzene rings is 1. The van der Waals surface area contributed by atoms with Crippen molar-refractivity contribution in [3.8, 4) is 0 Å². The third-order valence-corrected chi connectivity index (χ3v) is 7.13. The zero-order chi connectivity index (χ0) is 27.4. The summed E-state index contributed by atoms with van der Waals surface area (Å²) in [6, 6.07) is 3.94. The number of rotatable bonds is 10. The number of amides is 5. The summed E-state index contributed by atoms with van der Waals surface area (Å²) < 4.78 is 14.2. The molecule has 5 amide bonds. The second kappa shape index (κ2) is 11.7. The summed E-state index contributed by atoms with van der Waals surface area (Å²) in [4.78, 5) is 64.3. The lowest BCUT2D eigenvalue weighted by molar-refractivity contribution is -0.136. The lowest BCUT2D eigenvalue weighted by Gasteiger charge is -2.39. The minimum atomic E-state index is -0.998. The van der Waals surface area contributed by atoms with E-state index in [-0.39, 0.29) is 30.1 Å². The third kappa shape index (κ3) is 6.45. The average Bonchev–Trinajstić information content (AvgIpc) is 3.06. The Bertz CT molecular complexity index is 1120. The van der Waals surface area contributed by atoms with E-state index in [4.69, 9.17) is 9.47 Å². The standard InChI is InChI=1S/C25H33N5O7S/c1-25(2,3)37-24(35)29-13-15(14-29)38-27-10-12-36-11-9-26-17-6-4-5-16-20(17)23(34)30(22(16)33)18-7-8-19(31)28-21(18)32/h4-6,15,18,26-27H,7-14H2,1-3H3,(H,28,31,32). The number of fused-ring (bicyclic) bond motifs is 1. The minimum Gasteiger partial charge on any atom is -0.444 e. The fourth-order valence-corrected chi connectivity index (χ4v) is 5.25. The SMILES string of the molecule is CC(C)(C)OC(=O)N1CC(SNCCOCCNc2cccc3c2C(=O)N(C2CCC(=O)NC2=O)C3=O)C1. The summed E-state index contributed by atoms with van der Waals surface area (Å²) in [6.45, 7) is 8.71. The average molecular weight is 548 g/mol. The maximum absolute atomic E-state index is 13.1. The summed E-state index contributed by atoms with van der Waals surface area (Å²) >= 11 is 1.57. The van der Waals surface area contributed by atoms with Crippen LogP contribution in [0.1, 0.15) is 54.3 Å². The van der Waals surface area contributed by atoms with Crippen molar-refractivity contribution >= 4 is 47.4 Å². The van der Waals surface area contributed by atoms with Gasteiger partial charge in [-0.2, -0.15) is 0 Å². The van der Waals surface area contributed by atoms with E-state index in [0.29, 0.717) is 50.3 Å². The lowest BCUT2D eigenvalue weighted by Crippen LogP contribution is -2.54. The van der Waals surface area contributed by atoms with Gasteiger partial charge in [-0.1, -0.05) is 18.0 Å². The van der Waals surface area contributed by atoms with E-state index in [9.17, 15) is 24.0 Å². The number of likely N-dealkylation sites (tertiary alicyclic amines) is 1. The Kier molecular flexibility index (Phi) is 8.58. The highest BCUT2D eigenvalue weighted by Crippen LogP contribution is 2.32. The molecule has 206 valence electrons. The number of hydrogen-bond acceptors (Lipinski definition) is 10. The molecule has 1 atom stereocenters. The molecule has 13 heteroatoms. The van der Waals surface area contributed by atoms with Gasteiger partial charge in [0.05, 0.1) is 29.6 Å². The molecule has 2 fully saturated rings. The van der Waals surface area contributed by atoms with Crippen molar-refractivity contribution in [3.63, 3.8) is 0 Å². The molecule has 0 saturated carbocycles. The minimum absolute atomic E-state index is 0.0742. The monoisotopic (exact) mass is 547 g/mol. The van der Waals surface area contributed by atoms with Crippen molar-refractivity contribution in [2.24, 2.45) is 0 Å². The predicted octanol–water partition coefficient (Wildman–Crippen LogP) is 1.37. The van der Waals surface area contributed by atoms with E-state index in [1.54, 1.807) is 35.0 Å². The molecule has 3 heterocycles. The number of nitrogens with one attached hydrogen (secondary N) is 3. The Morgan fingerprint density at radius 1 is 1.11 bits per heavy atom. The van der Waals surface area contributed by atoms with Crippen LogP contribution in [0.5, 0.6) is 0 Å². The quantitative estimate of drug-likeness (QED) is 0.223. The summed E-state index contributed by atoms with van der Waals surface area (Å²) in [5.74, 6) is -2.13. The molecule has 38 heavy (non-hydrogen) atoms. The van der Waals surface area contributed by atoms with Gasteiger partial charge < -0.3 is 19.7 Å². The van der Waals surface area contributed by atoms with Crippen molar-refractivity contribution in [2.75, 3.05) is 44.7 Å². The van der Waals surface area contributed by atoms with E-state index in [0.717, 1.165) is 4.90 Å². The molecule has 0 aliphatic carbocycles. The van der Waals surface area contributed by atoms with E-state index in [1.165, 1.54) is 0 Å². The fraction of sp³-hybridized carbons (Fsp3) is 0.560. The molecule has 3 aliphatic rings. The van der Waals surface area contributed by atoms with E-state index >= 15 is 0 Å². The van der Waals surface area contributed by atoms with Crippen LogP contribution in [0.4, 0.5) is 10.5 Å². The summed E-state index contributed by atoms with van der Waals surface area (Å²) in [5.41, 5.74) is 0.449. The Hall–Kier alpha value is -3.16. The molecule has 3 N–H and O–H groups in total. The van der Waals surface area contributed by atoms with Crippen LogP contribution >= 0.6 is 11.9 Å². The van der Waals surface area contributed by atoms with Crippen LogP contribution in [0.2, 0.25) is 0 Å². The molecular weight excluding hydrogens is 514 g/mol. The highest BCUT2D eigenvalue weighted by atomic mass is 32.2. The maximum Gasteiger partial charge on any atom is 0.410 e. The Balaban J connectivity index is 1.14. The van der Waals surface area contributed by atoms with Gasteiger partial charge in [-0.05, 0) is 39.3 Å². The lowest BCUT2D eigenvalue weighted by atomic mass is 10.0. The first-order valence-corrected chi connectivity index (χ1v) is 13.5. The van der Waals surface area contributed by atoms with Crippen molar-refractivity contribution in [3.05, 3.63) is 29.3 Å². The number of imide groups is 2. The molecule has 3 aliphatic heterocycles. The molecule has 2 saturated heterocycles. The summed E-state index contributed by atoms with van der Waals surface area (Å²) in [7, 11) is 0. The van der Waals surface area contributed by atoms with Crippen molar-refractivity contribution in [1.82, 2.24) is 19.8 Å². The van der Waals surface area contributed by atoms with Gasteiger partial charge in [0.15, 0.2) is 0 Å². The van der Waals surface area contributed by atoms with Crippen LogP contribution in [0.3, 0.4) is 0 Å². The van der Waals surface area contributed by atoms with Gasteiger partial charge in [-0.15, -0.1) is 0 Å². The Morgan fingerprint density at radius 3 is 2.55 bits per heavy atom. The topological polar surface area (TPSA) is 146 Å². The van der Waals surface area contributed by atoms with Gasteiger partial charge in [0.25, 0.3) is 11.8 Å². The third-order valence-electron chi connectivity index (χ3n) is 6.13. The van der Waals surface area contributed by atoms with Crippen molar-refractivity contribution < 1.29 is 33.4 Å². The molecule has 1 aromatic rings. The zero-order valence-corrected chi connectivity index (χ0v) is 22.5. The van der Waals surface area contributed by atoms with Gasteiger partial charge in [0.1, 0.15) is 11.6 Å². The first kappa shape index (κ1) is 27.9. The Labute approximate surface area is 225 Å². The molecule has 4 rings (SSSR count). The van der Waals surface area contributed by atoms with Gasteiger partial charge in [0.2, 0.25) is 11.8 Å². The number of carbonyl (C=O) groups is 5. The number of piperidine rings is 1. The van der Waals surface area contributed by atoms with E-state index < -0.39 is 35.3 Å². The number of anilines is 1. The highest BCUT2D eigenvalue weighted by Gasteiger charge is 2.45. The summed E-state index contributed by atoms with van der Waals surface area (Å²) in [6.07, 6.45) is -0.101. The van der Waals surface area contributed by atoms with Crippen LogP contribution in [-0.2, 0) is 19.1 Å². The van der Waals surface area contributed by atoms with Crippen LogP contribution in [0.25, 0.3) is 0 Å². The first-order valence-electron chi connectivity index (χ1n) is 12.6. The molecule has 0 aromatic heterocycles. The van der Waals surface area contributed by atoms with Gasteiger partial charge in [0, 0.05) is 38.3 Å². The zero-order valence-electron chi connectivity index (χ0n) is 21.7. The molecule has 0 bridgehead atoms. The smallest absolute Gasteiger partial charge is 0.410 e. The maximum atomic E-state index is 13.1. The second-order valence-corrected chi connectivity index (χ2v) is 11.4. The number of nitrogens with zero attached hydrogens (tertiary/aromatic N) is 2. The van der Waals surface area contributed by atoms with Crippen molar-refractivity contribution in [2.45, 2.75) is 50.5 Å². The van der Waals surface area contributed by atoms with Crippen molar-refractivity contribution in [1.29, 1.82) is 0 Å². The molecule has 12 nitrogen and oxygen atoms in total. The van der Waals surface area contributed by atoms with Gasteiger partial charge in [-0.3, -0.25) is 34.1 Å². The van der Waals surface area contributed by atoms with Crippen LogP contribution in [0, 0.1) is 0 Å². The Morgan fingerprint density at radius 2 is 1.84 bits per heavy atom. The predicted molar refractivity (Wildman–Crippen MR) is 140 cm³/mol. The number of carbonyl (C=O) groups excluding carboxylic acids is 5. The fourth-order valence-electron chi connectivity index (χ4n) is 4.30. The molecule has 1 aromatic carbocycles. The van der Waals surface area contributed by atoms with Gasteiger partial charge >= 0.3 is 6.09 Å². The number of hydrogen-bond donors (Lipinski definition) is 3. The van der Waals surface area contributed by atoms with E-state index in [1.807, 2.05) is 20.8 Å². The molecule has 0 radical (unpaired) electrons. The first-order chi connectivity index (χ1) is 18.0. The number of ether oxygens (including phenoxy) is 2. The largest absolute Gasteiger partial charge is 0.444 e. The molecular formula is C25H33N5O7S. The molecule has 1 unspecified atom stereocenters. The highest BCUT2D eigenvalue weighted by molar-refractivity contribution is 7.98. The van der Waals surface area contributed by atoms with E-state index in [2.05, 4.69) is 15.4 Å².